The maximum atomic E-state index is 12.5. The Balaban J connectivity index is 2.69. The Morgan fingerprint density at radius 2 is 2.11 bits per heavy atom. The number of rotatable bonds is 7. The van der Waals surface area contributed by atoms with E-state index in [0.29, 0.717) is 19.2 Å². The quantitative estimate of drug-likeness (QED) is 0.701. The van der Waals surface area contributed by atoms with Crippen LogP contribution in [0.15, 0.2) is 12.2 Å². The Bertz CT molecular complexity index is 288. The Hall–Kier alpha value is -0.870. The van der Waals surface area contributed by atoms with Crippen LogP contribution in [0.1, 0.15) is 33.1 Å². The van der Waals surface area contributed by atoms with Crippen molar-refractivity contribution in [2.24, 2.45) is 11.7 Å². The van der Waals surface area contributed by atoms with Crippen LogP contribution in [0.4, 0.5) is 0 Å². The van der Waals surface area contributed by atoms with Crippen LogP contribution in [0, 0.1) is 5.92 Å². The summed E-state index contributed by atoms with van der Waals surface area (Å²) in [5, 5.41) is 0. The molecule has 0 aromatic heterocycles. The second-order valence-corrected chi connectivity index (χ2v) is 4.89. The van der Waals surface area contributed by atoms with Crippen molar-refractivity contribution in [2.45, 2.75) is 45.2 Å². The third-order valence-electron chi connectivity index (χ3n) is 3.64. The minimum Gasteiger partial charge on any atom is -0.383 e. The second kappa shape index (κ2) is 7.54. The molecule has 0 aromatic carbocycles. The fourth-order valence-corrected chi connectivity index (χ4v) is 2.52. The lowest BCUT2D eigenvalue weighted by molar-refractivity contribution is -0.137. The first-order chi connectivity index (χ1) is 8.63. The molecule has 0 heterocycles. The summed E-state index contributed by atoms with van der Waals surface area (Å²) in [4.78, 5) is 14.5. The number of carbonyl (C=O) groups excluding carboxylic acids is 1. The van der Waals surface area contributed by atoms with Crippen LogP contribution in [-0.2, 0) is 9.53 Å². The average molecular weight is 254 g/mol. The zero-order valence-corrected chi connectivity index (χ0v) is 11.8. The number of nitrogens with two attached hydrogens (primary N) is 1. The first-order valence-electron chi connectivity index (χ1n) is 6.87. The van der Waals surface area contributed by atoms with E-state index >= 15 is 0 Å². The smallest absolute Gasteiger partial charge is 0.229 e. The highest BCUT2D eigenvalue weighted by molar-refractivity contribution is 5.81. The van der Waals surface area contributed by atoms with Crippen LogP contribution in [0.2, 0.25) is 0 Å². The molecule has 0 fully saturated rings. The van der Waals surface area contributed by atoms with Gasteiger partial charge in [0.05, 0.1) is 12.5 Å². The number of hydrogen-bond donors (Lipinski definition) is 1. The first-order valence-corrected chi connectivity index (χ1v) is 6.87. The van der Waals surface area contributed by atoms with Crippen molar-refractivity contribution in [1.82, 2.24) is 4.90 Å². The minimum absolute atomic E-state index is 0.0323. The SMILES string of the molecule is CCC(CC)N(CCOC)C(=O)C1C=CC(N)C1. The molecule has 1 rings (SSSR count). The number of ether oxygens (including phenoxy) is 1. The molecule has 1 aliphatic rings. The standard InChI is InChI=1S/C14H26N2O2/c1-4-13(5-2)16(8-9-18-3)14(17)11-6-7-12(15)10-11/h6-7,11-13H,4-5,8-10,15H2,1-3H3. The van der Waals surface area contributed by atoms with Crippen molar-refractivity contribution in [3.05, 3.63) is 12.2 Å². The Kier molecular flexibility index (Phi) is 6.36. The predicted octanol–water partition coefficient (Wildman–Crippen LogP) is 1.55. The van der Waals surface area contributed by atoms with Gasteiger partial charge in [0.25, 0.3) is 0 Å². The van der Waals surface area contributed by atoms with Crippen molar-refractivity contribution in [3.8, 4) is 0 Å². The van der Waals surface area contributed by atoms with Gasteiger partial charge in [-0.1, -0.05) is 26.0 Å². The Labute approximate surface area is 110 Å². The van der Waals surface area contributed by atoms with E-state index in [-0.39, 0.29) is 17.9 Å². The van der Waals surface area contributed by atoms with Gasteiger partial charge in [0, 0.05) is 25.7 Å². The molecule has 4 heteroatoms. The third kappa shape index (κ3) is 3.82. The number of nitrogens with zero attached hydrogens (tertiary/aromatic N) is 1. The molecule has 0 spiro atoms. The molecule has 1 aliphatic carbocycles. The van der Waals surface area contributed by atoms with E-state index < -0.39 is 0 Å². The van der Waals surface area contributed by atoms with Gasteiger partial charge in [0.1, 0.15) is 0 Å². The highest BCUT2D eigenvalue weighted by Crippen LogP contribution is 2.21. The molecule has 0 bridgehead atoms. The zero-order chi connectivity index (χ0) is 13.5. The predicted molar refractivity (Wildman–Crippen MR) is 73.2 cm³/mol. The van der Waals surface area contributed by atoms with Crippen LogP contribution in [-0.4, -0.2) is 43.2 Å². The lowest BCUT2D eigenvalue weighted by Gasteiger charge is -2.32. The van der Waals surface area contributed by atoms with Gasteiger partial charge in [0.2, 0.25) is 5.91 Å². The lowest BCUT2D eigenvalue weighted by Crippen LogP contribution is -2.44. The first kappa shape index (κ1) is 15.2. The largest absolute Gasteiger partial charge is 0.383 e. The number of amides is 1. The topological polar surface area (TPSA) is 55.6 Å². The summed E-state index contributed by atoms with van der Waals surface area (Å²) in [6.07, 6.45) is 6.59. The van der Waals surface area contributed by atoms with Crippen LogP contribution >= 0.6 is 0 Å². The van der Waals surface area contributed by atoms with E-state index in [1.165, 1.54) is 0 Å². The van der Waals surface area contributed by atoms with Gasteiger partial charge >= 0.3 is 0 Å². The maximum absolute atomic E-state index is 12.5. The second-order valence-electron chi connectivity index (χ2n) is 4.89. The van der Waals surface area contributed by atoms with Crippen LogP contribution < -0.4 is 5.73 Å². The Morgan fingerprint density at radius 3 is 2.56 bits per heavy atom. The summed E-state index contributed by atoms with van der Waals surface area (Å²) >= 11 is 0. The number of hydrogen-bond acceptors (Lipinski definition) is 3. The molecule has 2 N–H and O–H groups in total. The highest BCUT2D eigenvalue weighted by atomic mass is 16.5. The monoisotopic (exact) mass is 254 g/mol. The summed E-state index contributed by atoms with van der Waals surface area (Å²) in [6, 6.07) is 0.336. The molecule has 0 aliphatic heterocycles. The summed E-state index contributed by atoms with van der Waals surface area (Å²) in [5.74, 6) is 0.155. The Morgan fingerprint density at radius 1 is 1.44 bits per heavy atom. The van der Waals surface area contributed by atoms with E-state index in [2.05, 4.69) is 13.8 Å². The molecule has 2 unspecified atom stereocenters. The molecule has 0 radical (unpaired) electrons. The average Bonchev–Trinajstić information content (AvgIpc) is 2.80. The summed E-state index contributed by atoms with van der Waals surface area (Å²) in [5.41, 5.74) is 5.82. The van der Waals surface area contributed by atoms with Crippen LogP contribution in [0.5, 0.6) is 0 Å². The molecule has 104 valence electrons. The van der Waals surface area contributed by atoms with Gasteiger partial charge in [-0.15, -0.1) is 0 Å². The lowest BCUT2D eigenvalue weighted by atomic mass is 10.0. The van der Waals surface area contributed by atoms with Crippen LogP contribution in [0.3, 0.4) is 0 Å². The highest BCUT2D eigenvalue weighted by Gasteiger charge is 2.29. The zero-order valence-electron chi connectivity index (χ0n) is 11.8. The van der Waals surface area contributed by atoms with Gasteiger partial charge in [-0.2, -0.15) is 0 Å². The maximum Gasteiger partial charge on any atom is 0.229 e. The minimum atomic E-state index is -0.0440. The van der Waals surface area contributed by atoms with E-state index in [4.69, 9.17) is 10.5 Å². The molecular weight excluding hydrogens is 228 g/mol. The van der Waals surface area contributed by atoms with Crippen molar-refractivity contribution in [2.75, 3.05) is 20.3 Å². The van der Waals surface area contributed by atoms with Crippen molar-refractivity contribution < 1.29 is 9.53 Å². The van der Waals surface area contributed by atoms with Gasteiger partial charge in [-0.25, -0.2) is 0 Å². The molecule has 0 saturated heterocycles. The van der Waals surface area contributed by atoms with E-state index in [1.807, 2.05) is 17.1 Å². The van der Waals surface area contributed by atoms with Crippen molar-refractivity contribution in [3.63, 3.8) is 0 Å². The van der Waals surface area contributed by atoms with Crippen molar-refractivity contribution in [1.29, 1.82) is 0 Å². The summed E-state index contributed by atoms with van der Waals surface area (Å²) in [6.45, 7) is 5.50. The molecule has 0 aromatic rings. The van der Waals surface area contributed by atoms with Gasteiger partial charge < -0.3 is 15.4 Å². The van der Waals surface area contributed by atoms with E-state index in [9.17, 15) is 4.79 Å². The number of carbonyl (C=O) groups is 1. The molecule has 1 amide bonds. The normalized spacial score (nSPS) is 22.7. The summed E-state index contributed by atoms with van der Waals surface area (Å²) in [7, 11) is 1.67. The van der Waals surface area contributed by atoms with Gasteiger partial charge in [-0.05, 0) is 19.3 Å². The van der Waals surface area contributed by atoms with E-state index in [0.717, 1.165) is 19.3 Å². The van der Waals surface area contributed by atoms with Gasteiger partial charge in [0.15, 0.2) is 0 Å². The number of methoxy groups -OCH3 is 1. The van der Waals surface area contributed by atoms with E-state index in [1.54, 1.807) is 7.11 Å². The molecule has 0 saturated carbocycles. The van der Waals surface area contributed by atoms with Crippen molar-refractivity contribution >= 4 is 5.91 Å². The third-order valence-corrected chi connectivity index (χ3v) is 3.64. The molecule has 4 nitrogen and oxygen atoms in total. The van der Waals surface area contributed by atoms with Crippen LogP contribution in [0.25, 0.3) is 0 Å². The molecule has 2 atom stereocenters. The molecular formula is C14H26N2O2. The fourth-order valence-electron chi connectivity index (χ4n) is 2.52. The fraction of sp³-hybridized carbons (Fsp3) is 0.786. The summed E-state index contributed by atoms with van der Waals surface area (Å²) < 4.78 is 5.11. The molecule has 18 heavy (non-hydrogen) atoms. The van der Waals surface area contributed by atoms with Gasteiger partial charge in [-0.3, -0.25) is 4.79 Å².